The minimum atomic E-state index is 0.403. The van der Waals surface area contributed by atoms with Crippen molar-refractivity contribution < 1.29 is 0 Å². The highest BCUT2D eigenvalue weighted by Crippen LogP contribution is 2.13. The zero-order valence-electron chi connectivity index (χ0n) is 10.6. The van der Waals surface area contributed by atoms with Gasteiger partial charge in [0, 0.05) is 31.4 Å². The van der Waals surface area contributed by atoms with Gasteiger partial charge in [0.15, 0.2) is 0 Å². The first-order valence-electron chi connectivity index (χ1n) is 5.85. The third kappa shape index (κ3) is 3.51. The Morgan fingerprint density at radius 2 is 1.81 bits per heavy atom. The lowest BCUT2D eigenvalue weighted by Gasteiger charge is -2.31. The summed E-state index contributed by atoms with van der Waals surface area (Å²) in [7, 11) is 4.16. The van der Waals surface area contributed by atoms with E-state index in [0.29, 0.717) is 12.6 Å². The van der Waals surface area contributed by atoms with Crippen LogP contribution in [-0.4, -0.2) is 44.7 Å². The van der Waals surface area contributed by atoms with Crippen LogP contribution >= 0.6 is 0 Å². The molecule has 1 unspecified atom stereocenters. The monoisotopic (exact) mass is 221 g/mol. The van der Waals surface area contributed by atoms with Crippen LogP contribution in [0.25, 0.3) is 0 Å². The summed E-state index contributed by atoms with van der Waals surface area (Å²) in [6, 6.07) is 10.9. The van der Waals surface area contributed by atoms with Gasteiger partial charge in [-0.05, 0) is 33.2 Å². The average Bonchev–Trinajstić information content (AvgIpc) is 2.31. The first kappa shape index (κ1) is 13.0. The van der Waals surface area contributed by atoms with E-state index in [9.17, 15) is 0 Å². The molecule has 3 heteroatoms. The predicted molar refractivity (Wildman–Crippen MR) is 70.9 cm³/mol. The van der Waals surface area contributed by atoms with Gasteiger partial charge in [-0.15, -0.1) is 0 Å². The Morgan fingerprint density at radius 3 is 2.25 bits per heavy atom. The molecule has 0 bridgehead atoms. The van der Waals surface area contributed by atoms with Crippen molar-refractivity contribution in [2.24, 2.45) is 5.73 Å². The van der Waals surface area contributed by atoms with Gasteiger partial charge in [0.25, 0.3) is 0 Å². The average molecular weight is 221 g/mol. The first-order valence-corrected chi connectivity index (χ1v) is 5.85. The van der Waals surface area contributed by atoms with Crippen molar-refractivity contribution in [3.8, 4) is 0 Å². The molecule has 0 heterocycles. The molecule has 1 aromatic rings. The summed E-state index contributed by atoms with van der Waals surface area (Å²) in [5.74, 6) is 0. The lowest BCUT2D eigenvalue weighted by molar-refractivity contribution is 0.301. The molecule has 0 radical (unpaired) electrons. The molecular weight excluding hydrogens is 198 g/mol. The van der Waals surface area contributed by atoms with Gasteiger partial charge in [-0.2, -0.15) is 0 Å². The molecule has 0 aliphatic heterocycles. The molecule has 90 valence electrons. The highest BCUT2D eigenvalue weighted by Gasteiger charge is 2.13. The quantitative estimate of drug-likeness (QED) is 0.788. The van der Waals surface area contributed by atoms with E-state index in [2.05, 4.69) is 55.1 Å². The molecule has 1 atom stereocenters. The van der Waals surface area contributed by atoms with E-state index in [4.69, 9.17) is 5.73 Å². The lowest BCUT2D eigenvalue weighted by atomic mass is 10.2. The number of benzene rings is 1. The van der Waals surface area contributed by atoms with Gasteiger partial charge in [-0.25, -0.2) is 0 Å². The minimum Gasteiger partial charge on any atom is -0.370 e. The number of nitrogens with zero attached hydrogens (tertiary/aromatic N) is 2. The zero-order valence-corrected chi connectivity index (χ0v) is 10.6. The minimum absolute atomic E-state index is 0.403. The van der Waals surface area contributed by atoms with Gasteiger partial charge >= 0.3 is 0 Å². The second-order valence-corrected chi connectivity index (χ2v) is 4.23. The largest absolute Gasteiger partial charge is 0.370 e. The fourth-order valence-corrected chi connectivity index (χ4v) is 1.76. The van der Waals surface area contributed by atoms with Crippen LogP contribution in [0, 0.1) is 0 Å². The maximum Gasteiger partial charge on any atom is 0.0387 e. The molecule has 0 aliphatic carbocycles. The molecule has 0 aliphatic rings. The summed E-state index contributed by atoms with van der Waals surface area (Å²) >= 11 is 0. The van der Waals surface area contributed by atoms with E-state index in [-0.39, 0.29) is 0 Å². The topological polar surface area (TPSA) is 32.5 Å². The zero-order chi connectivity index (χ0) is 12.0. The molecule has 1 rings (SSSR count). The maximum atomic E-state index is 5.79. The molecule has 0 amide bonds. The SMILES string of the molecule is CCN(CC(CN)N(C)C)c1ccccc1. The number of para-hydroxylation sites is 1. The molecule has 0 spiro atoms. The Morgan fingerprint density at radius 1 is 1.19 bits per heavy atom. The van der Waals surface area contributed by atoms with Gasteiger partial charge in [0.05, 0.1) is 0 Å². The van der Waals surface area contributed by atoms with Gasteiger partial charge < -0.3 is 15.5 Å². The molecule has 2 N–H and O–H groups in total. The van der Waals surface area contributed by atoms with Crippen LogP contribution in [0.15, 0.2) is 30.3 Å². The van der Waals surface area contributed by atoms with E-state index in [1.807, 2.05) is 6.07 Å². The first-order chi connectivity index (χ1) is 7.69. The second-order valence-electron chi connectivity index (χ2n) is 4.23. The van der Waals surface area contributed by atoms with Crippen molar-refractivity contribution in [2.75, 3.05) is 38.6 Å². The van der Waals surface area contributed by atoms with Crippen LogP contribution in [-0.2, 0) is 0 Å². The molecule has 0 fully saturated rings. The number of anilines is 1. The molecule has 0 saturated carbocycles. The molecule has 0 saturated heterocycles. The fourth-order valence-electron chi connectivity index (χ4n) is 1.76. The second kappa shape index (κ2) is 6.51. The van der Waals surface area contributed by atoms with Gasteiger partial charge in [0.1, 0.15) is 0 Å². The number of likely N-dealkylation sites (N-methyl/N-ethyl adjacent to an activating group) is 2. The Balaban J connectivity index is 2.68. The van der Waals surface area contributed by atoms with E-state index >= 15 is 0 Å². The summed E-state index contributed by atoms with van der Waals surface area (Å²) < 4.78 is 0. The number of hydrogen-bond donors (Lipinski definition) is 1. The van der Waals surface area contributed by atoms with Crippen LogP contribution in [0.3, 0.4) is 0 Å². The van der Waals surface area contributed by atoms with Gasteiger partial charge in [-0.1, -0.05) is 18.2 Å². The van der Waals surface area contributed by atoms with Gasteiger partial charge in [0.2, 0.25) is 0 Å². The molecule has 16 heavy (non-hydrogen) atoms. The summed E-state index contributed by atoms with van der Waals surface area (Å²) in [4.78, 5) is 4.54. The van der Waals surface area contributed by atoms with Crippen LogP contribution in [0.4, 0.5) is 5.69 Å². The third-order valence-electron chi connectivity index (χ3n) is 2.94. The van der Waals surface area contributed by atoms with Crippen molar-refractivity contribution in [2.45, 2.75) is 13.0 Å². The highest BCUT2D eigenvalue weighted by molar-refractivity contribution is 5.45. The Hall–Kier alpha value is -1.06. The summed E-state index contributed by atoms with van der Waals surface area (Å²) in [6.07, 6.45) is 0. The summed E-state index contributed by atoms with van der Waals surface area (Å²) in [5.41, 5.74) is 7.06. The van der Waals surface area contributed by atoms with Gasteiger partial charge in [-0.3, -0.25) is 0 Å². The van der Waals surface area contributed by atoms with Crippen molar-refractivity contribution in [1.82, 2.24) is 4.90 Å². The standard InChI is InChI=1S/C13H23N3/c1-4-16(11-13(10-14)15(2)3)12-8-6-5-7-9-12/h5-9,13H,4,10-11,14H2,1-3H3. The third-order valence-corrected chi connectivity index (χ3v) is 2.94. The Kier molecular flexibility index (Phi) is 5.29. The van der Waals surface area contributed by atoms with Crippen molar-refractivity contribution in [3.63, 3.8) is 0 Å². The van der Waals surface area contributed by atoms with Crippen LogP contribution < -0.4 is 10.6 Å². The predicted octanol–water partition coefficient (Wildman–Crippen LogP) is 1.40. The molecular formula is C13H23N3. The molecule has 1 aromatic carbocycles. The van der Waals surface area contributed by atoms with E-state index in [0.717, 1.165) is 13.1 Å². The number of nitrogens with two attached hydrogens (primary N) is 1. The van der Waals surface area contributed by atoms with Crippen LogP contribution in [0.5, 0.6) is 0 Å². The maximum absolute atomic E-state index is 5.79. The summed E-state index contributed by atoms with van der Waals surface area (Å²) in [5, 5.41) is 0. The van der Waals surface area contributed by atoms with Crippen LogP contribution in [0.1, 0.15) is 6.92 Å². The Labute approximate surface area is 98.8 Å². The molecule has 3 nitrogen and oxygen atoms in total. The highest BCUT2D eigenvalue weighted by atomic mass is 15.2. The summed E-state index contributed by atoms with van der Waals surface area (Å²) in [6.45, 7) is 4.85. The lowest BCUT2D eigenvalue weighted by Crippen LogP contribution is -2.45. The van der Waals surface area contributed by atoms with E-state index in [1.54, 1.807) is 0 Å². The Bertz CT molecular complexity index is 284. The van der Waals surface area contributed by atoms with E-state index in [1.165, 1.54) is 5.69 Å². The van der Waals surface area contributed by atoms with Crippen molar-refractivity contribution in [3.05, 3.63) is 30.3 Å². The van der Waals surface area contributed by atoms with Crippen molar-refractivity contribution >= 4 is 5.69 Å². The number of rotatable bonds is 6. The van der Waals surface area contributed by atoms with Crippen LogP contribution in [0.2, 0.25) is 0 Å². The number of hydrogen-bond acceptors (Lipinski definition) is 3. The normalized spacial score (nSPS) is 12.8. The van der Waals surface area contributed by atoms with Crippen molar-refractivity contribution in [1.29, 1.82) is 0 Å². The van der Waals surface area contributed by atoms with E-state index < -0.39 is 0 Å². The smallest absolute Gasteiger partial charge is 0.0387 e. The molecule has 0 aromatic heterocycles. The fraction of sp³-hybridized carbons (Fsp3) is 0.538.